The van der Waals surface area contributed by atoms with Gasteiger partial charge in [0, 0.05) is 13.5 Å². The summed E-state index contributed by atoms with van der Waals surface area (Å²) in [4.78, 5) is 9.00. The lowest BCUT2D eigenvalue weighted by Gasteiger charge is -2.08. The summed E-state index contributed by atoms with van der Waals surface area (Å²) in [7, 11) is 0. The highest BCUT2D eigenvalue weighted by molar-refractivity contribution is 5.62. The van der Waals surface area contributed by atoms with E-state index in [0.717, 1.165) is 6.92 Å². The first kappa shape index (κ1) is 28.4. The zero-order valence-electron chi connectivity index (χ0n) is 18.0. The first-order valence-corrected chi connectivity index (χ1v) is 10.1. The Morgan fingerprint density at radius 1 is 0.700 bits per heavy atom. The molecule has 0 unspecified atom stereocenters. The van der Waals surface area contributed by atoms with Crippen molar-refractivity contribution in [2.24, 2.45) is 5.73 Å². The van der Waals surface area contributed by atoms with Crippen LogP contribution in [-0.4, -0.2) is 90.3 Å². The SMILES string of the molecule is CC(=O)O.NCCOCCOCCOCCOCCOCCOCc1ccccc1. The third-order valence-electron chi connectivity index (χ3n) is 3.23. The van der Waals surface area contributed by atoms with Crippen LogP contribution in [0.2, 0.25) is 0 Å². The van der Waals surface area contributed by atoms with Gasteiger partial charge in [0.2, 0.25) is 0 Å². The van der Waals surface area contributed by atoms with Gasteiger partial charge in [0.15, 0.2) is 0 Å². The summed E-state index contributed by atoms with van der Waals surface area (Å²) in [6.45, 7) is 8.39. The molecule has 0 aliphatic heterocycles. The Hall–Kier alpha value is -1.59. The number of hydrogen-bond acceptors (Lipinski definition) is 8. The van der Waals surface area contributed by atoms with E-state index in [1.54, 1.807) is 0 Å². The van der Waals surface area contributed by atoms with Gasteiger partial charge in [-0.3, -0.25) is 4.79 Å². The van der Waals surface area contributed by atoms with Gasteiger partial charge in [-0.25, -0.2) is 0 Å². The number of ether oxygens (including phenoxy) is 6. The highest BCUT2D eigenvalue weighted by Crippen LogP contribution is 1.99. The van der Waals surface area contributed by atoms with Crippen molar-refractivity contribution in [3.05, 3.63) is 35.9 Å². The van der Waals surface area contributed by atoms with Crippen LogP contribution < -0.4 is 5.73 Å². The normalized spacial score (nSPS) is 10.5. The molecule has 0 spiro atoms. The molecule has 0 heterocycles. The smallest absolute Gasteiger partial charge is 0.300 e. The van der Waals surface area contributed by atoms with Gasteiger partial charge in [0.05, 0.1) is 79.3 Å². The van der Waals surface area contributed by atoms with Gasteiger partial charge in [-0.1, -0.05) is 30.3 Å². The van der Waals surface area contributed by atoms with Crippen molar-refractivity contribution in [2.75, 3.05) is 79.2 Å². The number of carbonyl (C=O) groups is 1. The Bertz CT molecular complexity index is 471. The van der Waals surface area contributed by atoms with Gasteiger partial charge in [-0.2, -0.15) is 0 Å². The van der Waals surface area contributed by atoms with Gasteiger partial charge < -0.3 is 39.3 Å². The largest absolute Gasteiger partial charge is 0.481 e. The number of nitrogens with two attached hydrogens (primary N) is 1. The maximum Gasteiger partial charge on any atom is 0.300 e. The number of carboxylic acids is 1. The molecule has 30 heavy (non-hydrogen) atoms. The molecule has 0 aliphatic carbocycles. The Morgan fingerprint density at radius 3 is 1.40 bits per heavy atom. The molecule has 0 aromatic heterocycles. The van der Waals surface area contributed by atoms with Crippen LogP contribution in [0.4, 0.5) is 0 Å². The summed E-state index contributed by atoms with van der Waals surface area (Å²) in [5.74, 6) is -0.833. The Kier molecular flexibility index (Phi) is 22.4. The Morgan fingerprint density at radius 2 is 1.03 bits per heavy atom. The van der Waals surface area contributed by atoms with Gasteiger partial charge >= 0.3 is 0 Å². The molecule has 0 fully saturated rings. The number of carboxylic acid groups (broad SMARTS) is 1. The molecule has 0 amide bonds. The topological polar surface area (TPSA) is 119 Å². The van der Waals surface area contributed by atoms with E-state index in [-0.39, 0.29) is 0 Å². The van der Waals surface area contributed by atoms with Crippen LogP contribution in [0, 0.1) is 0 Å². The average Bonchev–Trinajstić information content (AvgIpc) is 2.73. The van der Waals surface area contributed by atoms with Crippen molar-refractivity contribution in [1.29, 1.82) is 0 Å². The van der Waals surface area contributed by atoms with E-state index in [9.17, 15) is 0 Å². The molecular formula is C21H37NO8. The summed E-state index contributed by atoms with van der Waals surface area (Å²) in [6, 6.07) is 10.1. The van der Waals surface area contributed by atoms with Crippen LogP contribution >= 0.6 is 0 Å². The zero-order valence-corrected chi connectivity index (χ0v) is 18.0. The van der Waals surface area contributed by atoms with Crippen molar-refractivity contribution >= 4 is 5.97 Å². The van der Waals surface area contributed by atoms with E-state index in [1.807, 2.05) is 30.3 Å². The molecule has 1 rings (SSSR count). The lowest BCUT2D eigenvalue weighted by molar-refractivity contribution is -0.134. The van der Waals surface area contributed by atoms with Crippen molar-refractivity contribution in [2.45, 2.75) is 13.5 Å². The fourth-order valence-electron chi connectivity index (χ4n) is 1.95. The number of hydrogen-bond donors (Lipinski definition) is 2. The van der Waals surface area contributed by atoms with Crippen LogP contribution in [0.25, 0.3) is 0 Å². The standard InChI is InChI=1S/C19H33NO6.C2H4O2/c20-6-7-21-8-9-22-10-11-23-12-13-24-14-15-25-16-17-26-18-19-4-2-1-3-5-19;1-2(3)4/h1-5H,6-18,20H2;1H3,(H,3,4). The summed E-state index contributed by atoms with van der Waals surface area (Å²) in [6.07, 6.45) is 0. The Labute approximate surface area is 179 Å². The minimum absolute atomic E-state index is 0.538. The first-order chi connectivity index (χ1) is 14.7. The van der Waals surface area contributed by atoms with E-state index in [0.29, 0.717) is 85.8 Å². The molecule has 0 saturated heterocycles. The summed E-state index contributed by atoms with van der Waals surface area (Å²) in [5, 5.41) is 7.42. The maximum atomic E-state index is 9.00. The third-order valence-corrected chi connectivity index (χ3v) is 3.23. The highest BCUT2D eigenvalue weighted by Gasteiger charge is 1.94. The van der Waals surface area contributed by atoms with Crippen LogP contribution in [0.3, 0.4) is 0 Å². The fraction of sp³-hybridized carbons (Fsp3) is 0.667. The second-order valence-electron chi connectivity index (χ2n) is 5.91. The predicted octanol–water partition coefficient (Wildman–Crippen LogP) is 1.34. The summed E-state index contributed by atoms with van der Waals surface area (Å²) < 4.78 is 32.3. The minimum Gasteiger partial charge on any atom is -0.481 e. The van der Waals surface area contributed by atoms with Crippen LogP contribution in [0.15, 0.2) is 30.3 Å². The van der Waals surface area contributed by atoms with Crippen molar-refractivity contribution < 1.29 is 38.3 Å². The van der Waals surface area contributed by atoms with E-state index in [4.69, 9.17) is 44.1 Å². The van der Waals surface area contributed by atoms with Crippen LogP contribution in [0.5, 0.6) is 0 Å². The monoisotopic (exact) mass is 431 g/mol. The molecule has 0 aliphatic rings. The van der Waals surface area contributed by atoms with Gasteiger partial charge in [0.1, 0.15) is 0 Å². The molecule has 0 radical (unpaired) electrons. The average molecular weight is 432 g/mol. The van der Waals surface area contributed by atoms with Crippen molar-refractivity contribution in [1.82, 2.24) is 0 Å². The predicted molar refractivity (Wildman–Crippen MR) is 113 cm³/mol. The molecule has 9 nitrogen and oxygen atoms in total. The molecule has 174 valence electrons. The summed E-state index contributed by atoms with van der Waals surface area (Å²) in [5.41, 5.74) is 6.47. The fourth-order valence-corrected chi connectivity index (χ4v) is 1.95. The molecule has 0 atom stereocenters. The molecular weight excluding hydrogens is 394 g/mol. The molecule has 1 aromatic carbocycles. The molecule has 9 heteroatoms. The van der Waals surface area contributed by atoms with Gasteiger partial charge in [-0.15, -0.1) is 0 Å². The zero-order chi connectivity index (χ0) is 22.1. The lowest BCUT2D eigenvalue weighted by atomic mass is 10.2. The van der Waals surface area contributed by atoms with Gasteiger partial charge in [0.25, 0.3) is 5.97 Å². The Balaban J connectivity index is 0.00000192. The highest BCUT2D eigenvalue weighted by atomic mass is 16.6. The van der Waals surface area contributed by atoms with E-state index < -0.39 is 5.97 Å². The number of benzene rings is 1. The molecule has 0 bridgehead atoms. The molecule has 1 aromatic rings. The van der Waals surface area contributed by atoms with E-state index >= 15 is 0 Å². The van der Waals surface area contributed by atoms with Crippen LogP contribution in [-0.2, 0) is 39.8 Å². The second-order valence-corrected chi connectivity index (χ2v) is 5.91. The quantitative estimate of drug-likeness (QED) is 0.313. The van der Waals surface area contributed by atoms with Crippen molar-refractivity contribution in [3.8, 4) is 0 Å². The maximum absolute atomic E-state index is 9.00. The summed E-state index contributed by atoms with van der Waals surface area (Å²) >= 11 is 0. The third kappa shape index (κ3) is 24.4. The lowest BCUT2D eigenvalue weighted by Crippen LogP contribution is -2.15. The van der Waals surface area contributed by atoms with E-state index in [2.05, 4.69) is 0 Å². The first-order valence-electron chi connectivity index (χ1n) is 10.1. The van der Waals surface area contributed by atoms with Gasteiger partial charge in [-0.05, 0) is 5.56 Å². The number of aliphatic carboxylic acids is 1. The van der Waals surface area contributed by atoms with Crippen molar-refractivity contribution in [3.63, 3.8) is 0 Å². The second kappa shape index (κ2) is 23.7. The number of rotatable bonds is 19. The molecule has 0 saturated carbocycles. The molecule has 3 N–H and O–H groups in total. The van der Waals surface area contributed by atoms with Crippen LogP contribution in [0.1, 0.15) is 12.5 Å². The van der Waals surface area contributed by atoms with E-state index in [1.165, 1.54) is 5.56 Å². The minimum atomic E-state index is -0.833.